The van der Waals surface area contributed by atoms with Crippen LogP contribution in [0.4, 0.5) is 13.2 Å². The predicted octanol–water partition coefficient (Wildman–Crippen LogP) is 3.40. The van der Waals surface area contributed by atoms with Gasteiger partial charge in [0.05, 0.1) is 17.8 Å². The van der Waals surface area contributed by atoms with Crippen molar-refractivity contribution in [2.24, 2.45) is 0 Å². The van der Waals surface area contributed by atoms with Crippen molar-refractivity contribution in [2.75, 3.05) is 19.3 Å². The van der Waals surface area contributed by atoms with E-state index in [-0.39, 0.29) is 0 Å². The largest absolute Gasteiger partial charge is 0.416 e. The van der Waals surface area contributed by atoms with Crippen molar-refractivity contribution in [3.8, 4) is 5.69 Å². The van der Waals surface area contributed by atoms with Crippen LogP contribution in [0.1, 0.15) is 30.7 Å². The standard InChI is InChI=1S/C16H20F3N5S/c1-25-14-4-2-3-9-23(10-14)11-15-20-21-22-24(15)13-7-5-12(6-8-13)16(17,18)19/h5-8,14H,2-4,9-11H2,1H3/t14-/m0/s1. The second-order valence-corrected chi connectivity index (χ2v) is 7.28. The Kier molecular flexibility index (Phi) is 5.63. The number of thioether (sulfide) groups is 1. The van der Waals surface area contributed by atoms with E-state index in [1.807, 2.05) is 11.8 Å². The molecule has 1 aromatic heterocycles. The molecule has 0 bridgehead atoms. The fraction of sp³-hybridized carbons (Fsp3) is 0.562. The molecule has 1 aromatic carbocycles. The maximum absolute atomic E-state index is 12.7. The topological polar surface area (TPSA) is 46.8 Å². The van der Waals surface area contributed by atoms with Crippen LogP contribution < -0.4 is 0 Å². The lowest BCUT2D eigenvalue weighted by Crippen LogP contribution is -2.30. The van der Waals surface area contributed by atoms with Crippen molar-refractivity contribution in [1.29, 1.82) is 0 Å². The van der Waals surface area contributed by atoms with Gasteiger partial charge in [0, 0.05) is 11.8 Å². The molecule has 9 heteroatoms. The van der Waals surface area contributed by atoms with Gasteiger partial charge in [0.1, 0.15) is 0 Å². The fourth-order valence-electron chi connectivity index (χ4n) is 3.01. The third-order valence-electron chi connectivity index (χ3n) is 4.38. The molecule has 0 amide bonds. The summed E-state index contributed by atoms with van der Waals surface area (Å²) in [6.45, 7) is 2.54. The molecule has 2 heterocycles. The van der Waals surface area contributed by atoms with Crippen LogP contribution in [0.2, 0.25) is 0 Å². The molecule has 0 aliphatic carbocycles. The number of nitrogens with zero attached hydrogens (tertiary/aromatic N) is 5. The van der Waals surface area contributed by atoms with E-state index in [2.05, 4.69) is 26.7 Å². The second kappa shape index (κ2) is 7.74. The van der Waals surface area contributed by atoms with Crippen LogP contribution >= 0.6 is 11.8 Å². The third-order valence-corrected chi connectivity index (χ3v) is 5.44. The van der Waals surface area contributed by atoms with E-state index in [0.717, 1.165) is 31.6 Å². The van der Waals surface area contributed by atoms with Crippen LogP contribution in [-0.4, -0.2) is 49.7 Å². The van der Waals surface area contributed by atoms with Crippen molar-refractivity contribution in [3.05, 3.63) is 35.7 Å². The Hall–Kier alpha value is -1.61. The van der Waals surface area contributed by atoms with Crippen molar-refractivity contribution in [3.63, 3.8) is 0 Å². The highest BCUT2D eigenvalue weighted by atomic mass is 32.2. The summed E-state index contributed by atoms with van der Waals surface area (Å²) < 4.78 is 39.6. The third kappa shape index (κ3) is 4.52. The van der Waals surface area contributed by atoms with Gasteiger partial charge in [0.25, 0.3) is 0 Å². The molecule has 2 aromatic rings. The Bertz CT molecular complexity index is 686. The molecule has 1 atom stereocenters. The first-order valence-corrected chi connectivity index (χ1v) is 9.46. The first-order chi connectivity index (χ1) is 12.0. The monoisotopic (exact) mass is 371 g/mol. The summed E-state index contributed by atoms with van der Waals surface area (Å²) in [5, 5.41) is 12.3. The highest BCUT2D eigenvalue weighted by Crippen LogP contribution is 2.29. The zero-order valence-electron chi connectivity index (χ0n) is 13.9. The number of rotatable bonds is 4. The van der Waals surface area contributed by atoms with Gasteiger partial charge in [-0.15, -0.1) is 5.10 Å². The molecule has 0 saturated carbocycles. The summed E-state index contributed by atoms with van der Waals surface area (Å²) in [6.07, 6.45) is 1.34. The van der Waals surface area contributed by atoms with Crippen LogP contribution in [0.5, 0.6) is 0 Å². The van der Waals surface area contributed by atoms with Gasteiger partial charge < -0.3 is 0 Å². The molecule has 1 aliphatic rings. The van der Waals surface area contributed by atoms with Gasteiger partial charge in [-0.2, -0.15) is 29.6 Å². The Morgan fingerprint density at radius 2 is 1.96 bits per heavy atom. The number of benzene rings is 1. The minimum atomic E-state index is -4.35. The quantitative estimate of drug-likeness (QED) is 0.824. The van der Waals surface area contributed by atoms with Crippen LogP contribution in [0.25, 0.3) is 5.69 Å². The van der Waals surface area contributed by atoms with E-state index in [4.69, 9.17) is 0 Å². The average molecular weight is 371 g/mol. The van der Waals surface area contributed by atoms with E-state index in [1.165, 1.54) is 29.7 Å². The molecule has 0 spiro atoms. The number of hydrogen-bond acceptors (Lipinski definition) is 5. The summed E-state index contributed by atoms with van der Waals surface area (Å²) in [5.74, 6) is 0.640. The molecule has 25 heavy (non-hydrogen) atoms. The maximum Gasteiger partial charge on any atom is 0.416 e. The molecule has 1 fully saturated rings. The number of likely N-dealkylation sites (tertiary alicyclic amines) is 1. The lowest BCUT2D eigenvalue weighted by Gasteiger charge is -2.22. The molecule has 3 rings (SSSR count). The Labute approximate surface area is 148 Å². The molecule has 0 unspecified atom stereocenters. The van der Waals surface area contributed by atoms with E-state index >= 15 is 0 Å². The molecule has 5 nitrogen and oxygen atoms in total. The van der Waals surface area contributed by atoms with Gasteiger partial charge >= 0.3 is 6.18 Å². The van der Waals surface area contributed by atoms with Crippen molar-refractivity contribution in [2.45, 2.75) is 37.2 Å². The number of tetrazole rings is 1. The summed E-state index contributed by atoms with van der Waals surface area (Å²) in [5.41, 5.74) is -0.148. The lowest BCUT2D eigenvalue weighted by molar-refractivity contribution is -0.137. The van der Waals surface area contributed by atoms with Gasteiger partial charge in [-0.05, 0) is 60.3 Å². The summed E-state index contributed by atoms with van der Waals surface area (Å²) in [4.78, 5) is 2.32. The highest BCUT2D eigenvalue weighted by molar-refractivity contribution is 7.99. The minimum absolute atomic E-state index is 0.532. The maximum atomic E-state index is 12.7. The van der Waals surface area contributed by atoms with Crippen LogP contribution in [0.15, 0.2) is 24.3 Å². The molecule has 0 radical (unpaired) electrons. The molecule has 136 valence electrons. The van der Waals surface area contributed by atoms with Gasteiger partial charge in [-0.25, -0.2) is 0 Å². The van der Waals surface area contributed by atoms with Crippen LogP contribution in [0.3, 0.4) is 0 Å². The van der Waals surface area contributed by atoms with Gasteiger partial charge in [-0.3, -0.25) is 4.90 Å². The van der Waals surface area contributed by atoms with Crippen LogP contribution in [0, 0.1) is 0 Å². The first kappa shape index (κ1) is 18.2. The fourth-order valence-corrected chi connectivity index (χ4v) is 3.77. The number of halogens is 3. The molecule has 1 saturated heterocycles. The summed E-state index contributed by atoms with van der Waals surface area (Å²) in [6, 6.07) is 4.90. The normalized spacial score (nSPS) is 19.8. The zero-order valence-corrected chi connectivity index (χ0v) is 14.7. The number of hydrogen-bond donors (Lipinski definition) is 0. The number of aromatic nitrogens is 4. The van der Waals surface area contributed by atoms with Crippen molar-refractivity contribution < 1.29 is 13.2 Å². The molecular weight excluding hydrogens is 351 g/mol. The summed E-state index contributed by atoms with van der Waals surface area (Å²) in [7, 11) is 0. The van der Waals surface area contributed by atoms with Crippen molar-refractivity contribution in [1.82, 2.24) is 25.1 Å². The second-order valence-electron chi connectivity index (χ2n) is 6.14. The van der Waals surface area contributed by atoms with Gasteiger partial charge in [0.15, 0.2) is 5.82 Å². The van der Waals surface area contributed by atoms with E-state index in [9.17, 15) is 13.2 Å². The molecule has 1 aliphatic heterocycles. The number of alkyl halides is 3. The Balaban J connectivity index is 1.76. The van der Waals surface area contributed by atoms with Crippen molar-refractivity contribution >= 4 is 11.8 Å². The zero-order chi connectivity index (χ0) is 17.9. The Morgan fingerprint density at radius 1 is 1.20 bits per heavy atom. The SMILES string of the molecule is CS[C@H]1CCCCN(Cc2nnnn2-c2ccc(C(F)(F)F)cc2)C1. The smallest absolute Gasteiger partial charge is 0.295 e. The predicted molar refractivity (Wildman–Crippen MR) is 90.6 cm³/mol. The van der Waals surface area contributed by atoms with Crippen LogP contribution in [-0.2, 0) is 12.7 Å². The molecular formula is C16H20F3N5S. The van der Waals surface area contributed by atoms with E-state index < -0.39 is 11.7 Å². The minimum Gasteiger partial charge on any atom is -0.295 e. The van der Waals surface area contributed by atoms with Gasteiger partial charge in [0.2, 0.25) is 0 Å². The van der Waals surface area contributed by atoms with E-state index in [1.54, 1.807) is 0 Å². The van der Waals surface area contributed by atoms with E-state index in [0.29, 0.717) is 23.3 Å². The highest BCUT2D eigenvalue weighted by Gasteiger charge is 2.30. The summed E-state index contributed by atoms with van der Waals surface area (Å²) >= 11 is 1.87. The lowest BCUT2D eigenvalue weighted by atomic mass is 10.2. The molecule has 0 N–H and O–H groups in total. The average Bonchev–Trinajstić information content (AvgIpc) is 2.92. The Morgan fingerprint density at radius 3 is 2.64 bits per heavy atom. The first-order valence-electron chi connectivity index (χ1n) is 8.17. The van der Waals surface area contributed by atoms with Gasteiger partial charge in [-0.1, -0.05) is 6.42 Å².